The van der Waals surface area contributed by atoms with E-state index >= 15 is 0 Å². The monoisotopic (exact) mass is 211 g/mol. The summed E-state index contributed by atoms with van der Waals surface area (Å²) >= 11 is 0. The topological polar surface area (TPSA) is 57.0 Å². The molecule has 1 aromatic heterocycles. The maximum atomic E-state index is 11.7. The van der Waals surface area contributed by atoms with Crippen molar-refractivity contribution in [2.75, 3.05) is 0 Å². The highest BCUT2D eigenvalue weighted by Gasteiger charge is 2.25. The summed E-state index contributed by atoms with van der Waals surface area (Å²) < 4.78 is 6.85. The number of nitrogens with zero attached hydrogens (tertiary/aromatic N) is 3. The Morgan fingerprint density at radius 3 is 2.53 bits per heavy atom. The van der Waals surface area contributed by atoms with Crippen molar-refractivity contribution in [3.05, 3.63) is 11.9 Å². The number of aromatic nitrogens is 3. The van der Waals surface area contributed by atoms with Gasteiger partial charge in [0, 0.05) is 7.05 Å². The second kappa shape index (κ2) is 4.00. The van der Waals surface area contributed by atoms with E-state index in [0.717, 1.165) is 5.69 Å². The molecule has 5 heteroatoms. The Hall–Kier alpha value is -1.39. The van der Waals surface area contributed by atoms with Crippen LogP contribution in [0, 0.1) is 0 Å². The Morgan fingerprint density at radius 2 is 2.13 bits per heavy atom. The molecule has 0 amide bonds. The fourth-order valence-corrected chi connectivity index (χ4v) is 1.20. The quantitative estimate of drug-likeness (QED) is 0.691. The first kappa shape index (κ1) is 11.7. The van der Waals surface area contributed by atoms with Crippen molar-refractivity contribution in [2.45, 2.75) is 39.2 Å². The fraction of sp³-hybridized carbons (Fsp3) is 0.700. The Balaban J connectivity index is 2.74. The molecule has 5 nitrogen and oxygen atoms in total. The molecule has 0 saturated carbocycles. The van der Waals surface area contributed by atoms with Crippen molar-refractivity contribution >= 4 is 5.97 Å². The molecule has 1 rings (SSSR count). The number of carbonyl (C=O) groups excluding carboxylic acids is 1. The average Bonchev–Trinajstić information content (AvgIpc) is 2.47. The maximum absolute atomic E-state index is 11.7. The van der Waals surface area contributed by atoms with E-state index in [-0.39, 0.29) is 11.9 Å². The summed E-state index contributed by atoms with van der Waals surface area (Å²) in [6, 6.07) is 0. The molecule has 0 radical (unpaired) electrons. The van der Waals surface area contributed by atoms with Crippen LogP contribution in [0.2, 0.25) is 0 Å². The highest BCUT2D eigenvalue weighted by molar-refractivity contribution is 5.77. The van der Waals surface area contributed by atoms with Gasteiger partial charge >= 0.3 is 5.97 Å². The summed E-state index contributed by atoms with van der Waals surface area (Å²) in [5, 5.41) is 7.50. The molecule has 0 N–H and O–H groups in total. The number of esters is 1. The van der Waals surface area contributed by atoms with Gasteiger partial charge in [0.15, 0.2) is 0 Å². The molecule has 0 bridgehead atoms. The molecule has 0 aliphatic rings. The van der Waals surface area contributed by atoms with E-state index in [1.807, 2.05) is 20.8 Å². The van der Waals surface area contributed by atoms with E-state index in [1.165, 1.54) is 0 Å². The Morgan fingerprint density at radius 1 is 1.53 bits per heavy atom. The van der Waals surface area contributed by atoms with Gasteiger partial charge in [-0.15, -0.1) is 5.10 Å². The molecular formula is C10H17N3O2. The molecule has 0 fully saturated rings. The van der Waals surface area contributed by atoms with E-state index < -0.39 is 5.60 Å². The van der Waals surface area contributed by atoms with E-state index in [4.69, 9.17) is 4.74 Å². The summed E-state index contributed by atoms with van der Waals surface area (Å²) in [6.07, 6.45) is 1.58. The van der Waals surface area contributed by atoms with E-state index in [0.29, 0.717) is 0 Å². The smallest absolute Gasteiger partial charge is 0.315 e. The standard InChI is InChI=1S/C10H17N3O2/c1-7(8-6-11-12-13(8)5)9(14)15-10(2,3)4/h6-7H,1-5H3. The predicted octanol–water partition coefficient (Wildman–Crippen LogP) is 1.26. The molecule has 1 aromatic rings. The van der Waals surface area contributed by atoms with Crippen molar-refractivity contribution in [1.82, 2.24) is 15.0 Å². The van der Waals surface area contributed by atoms with E-state index in [1.54, 1.807) is 24.9 Å². The van der Waals surface area contributed by atoms with Gasteiger partial charge in [-0.2, -0.15) is 0 Å². The van der Waals surface area contributed by atoms with Gasteiger partial charge in [-0.05, 0) is 27.7 Å². The zero-order valence-electron chi connectivity index (χ0n) is 9.81. The minimum absolute atomic E-state index is 0.257. The first-order chi connectivity index (χ1) is 6.81. The summed E-state index contributed by atoms with van der Waals surface area (Å²) in [5.41, 5.74) is 0.293. The molecular weight excluding hydrogens is 194 g/mol. The molecule has 1 atom stereocenters. The van der Waals surface area contributed by atoms with Crippen LogP contribution in [0.15, 0.2) is 6.20 Å². The van der Waals surface area contributed by atoms with Gasteiger partial charge in [0.1, 0.15) is 5.60 Å². The van der Waals surface area contributed by atoms with Crippen LogP contribution < -0.4 is 0 Å². The van der Waals surface area contributed by atoms with Crippen LogP contribution in [0.4, 0.5) is 0 Å². The zero-order chi connectivity index (χ0) is 11.6. The fourth-order valence-electron chi connectivity index (χ4n) is 1.20. The number of hydrogen-bond donors (Lipinski definition) is 0. The lowest BCUT2D eigenvalue weighted by atomic mass is 10.1. The molecule has 1 heterocycles. The van der Waals surface area contributed by atoms with Gasteiger partial charge in [-0.25, -0.2) is 0 Å². The van der Waals surface area contributed by atoms with E-state index in [9.17, 15) is 4.79 Å². The zero-order valence-corrected chi connectivity index (χ0v) is 9.81. The molecule has 0 spiro atoms. The van der Waals surface area contributed by atoms with Gasteiger partial charge in [0.25, 0.3) is 0 Å². The summed E-state index contributed by atoms with van der Waals surface area (Å²) in [5.74, 6) is -0.600. The highest BCUT2D eigenvalue weighted by Crippen LogP contribution is 2.18. The van der Waals surface area contributed by atoms with Crippen LogP contribution in [0.3, 0.4) is 0 Å². The van der Waals surface area contributed by atoms with Gasteiger partial charge in [-0.3, -0.25) is 9.48 Å². The van der Waals surface area contributed by atoms with E-state index in [2.05, 4.69) is 10.3 Å². The van der Waals surface area contributed by atoms with Crippen molar-refractivity contribution in [3.63, 3.8) is 0 Å². The molecule has 0 aliphatic carbocycles. The normalized spacial score (nSPS) is 13.7. The lowest BCUT2D eigenvalue weighted by Gasteiger charge is -2.22. The van der Waals surface area contributed by atoms with Gasteiger partial charge in [-0.1, -0.05) is 5.21 Å². The van der Waals surface area contributed by atoms with Crippen LogP contribution in [0.25, 0.3) is 0 Å². The minimum Gasteiger partial charge on any atom is -0.459 e. The van der Waals surface area contributed by atoms with Crippen LogP contribution in [0.5, 0.6) is 0 Å². The third-order valence-corrected chi connectivity index (χ3v) is 1.95. The first-order valence-electron chi connectivity index (χ1n) is 4.88. The van der Waals surface area contributed by atoms with Crippen molar-refractivity contribution < 1.29 is 9.53 Å². The summed E-state index contributed by atoms with van der Waals surface area (Å²) in [4.78, 5) is 11.7. The third kappa shape index (κ3) is 3.04. The number of carbonyl (C=O) groups is 1. The van der Waals surface area contributed by atoms with Crippen molar-refractivity contribution in [3.8, 4) is 0 Å². The predicted molar refractivity (Wildman–Crippen MR) is 55.3 cm³/mol. The lowest BCUT2D eigenvalue weighted by Crippen LogP contribution is -2.27. The Labute approximate surface area is 89.4 Å². The number of aryl methyl sites for hydroxylation is 1. The number of rotatable bonds is 2. The van der Waals surface area contributed by atoms with Crippen LogP contribution in [-0.4, -0.2) is 26.6 Å². The lowest BCUT2D eigenvalue weighted by molar-refractivity contribution is -0.156. The SMILES string of the molecule is CC(C(=O)OC(C)(C)C)c1cnnn1C. The number of hydrogen-bond acceptors (Lipinski definition) is 4. The van der Waals surface area contributed by atoms with Gasteiger partial charge < -0.3 is 4.74 Å². The Bertz CT molecular complexity index is 352. The minimum atomic E-state index is -0.461. The first-order valence-corrected chi connectivity index (χ1v) is 4.88. The van der Waals surface area contributed by atoms with Gasteiger partial charge in [0.2, 0.25) is 0 Å². The molecule has 0 aliphatic heterocycles. The summed E-state index contributed by atoms with van der Waals surface area (Å²) in [6.45, 7) is 7.32. The second-order valence-electron chi connectivity index (χ2n) is 4.54. The van der Waals surface area contributed by atoms with Crippen molar-refractivity contribution in [1.29, 1.82) is 0 Å². The second-order valence-corrected chi connectivity index (χ2v) is 4.54. The summed E-state index contributed by atoms with van der Waals surface area (Å²) in [7, 11) is 1.75. The molecule has 1 unspecified atom stereocenters. The Kier molecular flexibility index (Phi) is 3.12. The van der Waals surface area contributed by atoms with Crippen LogP contribution in [-0.2, 0) is 16.6 Å². The average molecular weight is 211 g/mol. The number of ether oxygens (including phenoxy) is 1. The highest BCUT2D eigenvalue weighted by atomic mass is 16.6. The third-order valence-electron chi connectivity index (χ3n) is 1.95. The molecule has 15 heavy (non-hydrogen) atoms. The molecule has 84 valence electrons. The largest absolute Gasteiger partial charge is 0.459 e. The maximum Gasteiger partial charge on any atom is 0.315 e. The molecule has 0 aromatic carbocycles. The van der Waals surface area contributed by atoms with Crippen LogP contribution >= 0.6 is 0 Å². The van der Waals surface area contributed by atoms with Gasteiger partial charge in [0.05, 0.1) is 17.8 Å². The molecule has 0 saturated heterocycles. The van der Waals surface area contributed by atoms with Crippen molar-refractivity contribution in [2.24, 2.45) is 7.05 Å². The van der Waals surface area contributed by atoms with Crippen LogP contribution in [0.1, 0.15) is 39.3 Å².